The fraction of sp³-hybridized carbons (Fsp3) is 0.333. The minimum Gasteiger partial charge on any atom is -0.430 e. The highest BCUT2D eigenvalue weighted by atomic mass is 32.1. The Bertz CT molecular complexity index is 484. The fourth-order valence-corrected chi connectivity index (χ4v) is 2.20. The Hall–Kier alpha value is -1.46. The molecule has 0 unspecified atom stereocenters. The largest absolute Gasteiger partial charge is 0.430 e. The summed E-state index contributed by atoms with van der Waals surface area (Å²) < 4.78 is 5.74. The summed E-state index contributed by atoms with van der Waals surface area (Å²) >= 11 is 1.46. The summed E-state index contributed by atoms with van der Waals surface area (Å²) in [5.41, 5.74) is 1.18. The molecular formula is C12H15N3OS. The van der Waals surface area contributed by atoms with E-state index < -0.39 is 0 Å². The number of benzene rings is 1. The van der Waals surface area contributed by atoms with E-state index in [1.807, 2.05) is 25.2 Å². The van der Waals surface area contributed by atoms with Gasteiger partial charge in [0, 0.05) is 6.54 Å². The van der Waals surface area contributed by atoms with Crippen LogP contribution in [0.2, 0.25) is 0 Å². The van der Waals surface area contributed by atoms with Gasteiger partial charge in [-0.05, 0) is 25.1 Å². The molecule has 17 heavy (non-hydrogen) atoms. The molecule has 0 aliphatic carbocycles. The van der Waals surface area contributed by atoms with Crippen molar-refractivity contribution in [3.8, 4) is 10.9 Å². The van der Waals surface area contributed by atoms with Gasteiger partial charge in [0.05, 0.1) is 0 Å². The summed E-state index contributed by atoms with van der Waals surface area (Å²) in [7, 11) is 1.88. The van der Waals surface area contributed by atoms with E-state index in [0.717, 1.165) is 23.7 Å². The summed E-state index contributed by atoms with van der Waals surface area (Å²) in [4.78, 5) is 0. The van der Waals surface area contributed by atoms with Crippen molar-refractivity contribution in [3.63, 3.8) is 0 Å². The van der Waals surface area contributed by atoms with Crippen molar-refractivity contribution in [2.75, 3.05) is 7.05 Å². The van der Waals surface area contributed by atoms with Crippen LogP contribution in [0.5, 0.6) is 10.9 Å². The SMILES string of the molecule is CCc1ccccc1Oc1nnc(CNC)s1. The van der Waals surface area contributed by atoms with Crippen LogP contribution in [0.1, 0.15) is 17.5 Å². The minimum atomic E-state index is 0.594. The molecule has 90 valence electrons. The Morgan fingerprint density at radius 2 is 2.12 bits per heavy atom. The molecule has 0 spiro atoms. The molecule has 0 aliphatic heterocycles. The van der Waals surface area contributed by atoms with E-state index in [2.05, 4.69) is 28.5 Å². The highest BCUT2D eigenvalue weighted by molar-refractivity contribution is 7.13. The number of rotatable bonds is 5. The Balaban J connectivity index is 2.13. The molecule has 1 aromatic heterocycles. The van der Waals surface area contributed by atoms with Crippen molar-refractivity contribution in [2.45, 2.75) is 19.9 Å². The lowest BCUT2D eigenvalue weighted by Crippen LogP contribution is -2.04. The molecule has 0 aliphatic rings. The van der Waals surface area contributed by atoms with Crippen molar-refractivity contribution < 1.29 is 4.74 Å². The van der Waals surface area contributed by atoms with Crippen LogP contribution in [0.25, 0.3) is 0 Å². The Labute approximate surface area is 105 Å². The number of ether oxygens (including phenoxy) is 1. The van der Waals surface area contributed by atoms with Crippen molar-refractivity contribution in [3.05, 3.63) is 34.8 Å². The molecule has 0 fully saturated rings. The van der Waals surface area contributed by atoms with Gasteiger partial charge in [-0.25, -0.2) is 0 Å². The second kappa shape index (κ2) is 5.75. The van der Waals surface area contributed by atoms with E-state index in [-0.39, 0.29) is 0 Å². The molecule has 0 atom stereocenters. The van der Waals surface area contributed by atoms with Gasteiger partial charge in [0.15, 0.2) is 0 Å². The highest BCUT2D eigenvalue weighted by Gasteiger charge is 2.07. The summed E-state index contributed by atoms with van der Waals surface area (Å²) in [6, 6.07) is 7.99. The first kappa shape index (κ1) is 12.0. The second-order valence-corrected chi connectivity index (χ2v) is 4.58. The molecule has 0 radical (unpaired) electrons. The molecule has 0 bridgehead atoms. The van der Waals surface area contributed by atoms with Gasteiger partial charge in [0.25, 0.3) is 5.19 Å². The van der Waals surface area contributed by atoms with E-state index in [1.54, 1.807) is 0 Å². The van der Waals surface area contributed by atoms with Crippen LogP contribution < -0.4 is 10.1 Å². The first-order valence-corrected chi connectivity index (χ1v) is 6.38. The lowest BCUT2D eigenvalue weighted by Gasteiger charge is -2.05. The smallest absolute Gasteiger partial charge is 0.299 e. The topological polar surface area (TPSA) is 47.0 Å². The zero-order valence-electron chi connectivity index (χ0n) is 9.93. The van der Waals surface area contributed by atoms with Gasteiger partial charge in [-0.3, -0.25) is 0 Å². The average molecular weight is 249 g/mol. The number of aromatic nitrogens is 2. The number of nitrogens with one attached hydrogen (secondary N) is 1. The van der Waals surface area contributed by atoms with Crippen LogP contribution in [0, 0.1) is 0 Å². The third-order valence-electron chi connectivity index (χ3n) is 2.33. The van der Waals surface area contributed by atoms with Crippen LogP contribution in [-0.2, 0) is 13.0 Å². The fourth-order valence-electron chi connectivity index (χ4n) is 1.49. The first-order chi connectivity index (χ1) is 8.33. The number of hydrogen-bond acceptors (Lipinski definition) is 5. The molecule has 5 heteroatoms. The highest BCUT2D eigenvalue weighted by Crippen LogP contribution is 2.27. The molecule has 2 rings (SSSR count). The van der Waals surface area contributed by atoms with Crippen molar-refractivity contribution >= 4 is 11.3 Å². The molecule has 2 aromatic rings. The number of para-hydroxylation sites is 1. The van der Waals surface area contributed by atoms with E-state index in [0.29, 0.717) is 5.19 Å². The van der Waals surface area contributed by atoms with Crippen LogP contribution >= 0.6 is 11.3 Å². The third-order valence-corrected chi connectivity index (χ3v) is 3.13. The molecule has 1 N–H and O–H groups in total. The minimum absolute atomic E-state index is 0.594. The maximum Gasteiger partial charge on any atom is 0.299 e. The molecule has 4 nitrogen and oxygen atoms in total. The lowest BCUT2D eigenvalue weighted by molar-refractivity contribution is 0.467. The van der Waals surface area contributed by atoms with Crippen LogP contribution in [-0.4, -0.2) is 17.2 Å². The van der Waals surface area contributed by atoms with Gasteiger partial charge in [0.1, 0.15) is 10.8 Å². The van der Waals surface area contributed by atoms with E-state index in [9.17, 15) is 0 Å². The molecular weight excluding hydrogens is 234 g/mol. The molecule has 0 amide bonds. The van der Waals surface area contributed by atoms with Crippen molar-refractivity contribution in [2.24, 2.45) is 0 Å². The maximum absolute atomic E-state index is 5.74. The predicted octanol–water partition coefficient (Wildman–Crippen LogP) is 2.61. The van der Waals surface area contributed by atoms with E-state index >= 15 is 0 Å². The van der Waals surface area contributed by atoms with Crippen LogP contribution in [0.15, 0.2) is 24.3 Å². The van der Waals surface area contributed by atoms with Gasteiger partial charge in [0.2, 0.25) is 0 Å². The first-order valence-electron chi connectivity index (χ1n) is 5.56. The maximum atomic E-state index is 5.74. The van der Waals surface area contributed by atoms with E-state index in [1.165, 1.54) is 16.9 Å². The van der Waals surface area contributed by atoms with Gasteiger partial charge >= 0.3 is 0 Å². The van der Waals surface area contributed by atoms with Crippen LogP contribution in [0.3, 0.4) is 0 Å². The molecule has 0 saturated heterocycles. The number of nitrogens with zero attached hydrogens (tertiary/aromatic N) is 2. The summed E-state index contributed by atoms with van der Waals surface area (Å²) in [5.74, 6) is 0.863. The predicted molar refractivity (Wildman–Crippen MR) is 68.6 cm³/mol. The number of aryl methyl sites for hydroxylation is 1. The zero-order chi connectivity index (χ0) is 12.1. The molecule has 1 aromatic carbocycles. The number of hydrogen-bond donors (Lipinski definition) is 1. The Morgan fingerprint density at radius 1 is 1.29 bits per heavy atom. The van der Waals surface area contributed by atoms with Gasteiger partial charge < -0.3 is 10.1 Å². The van der Waals surface area contributed by atoms with Gasteiger partial charge in [-0.1, -0.05) is 41.6 Å². The average Bonchev–Trinajstić information content (AvgIpc) is 2.78. The van der Waals surface area contributed by atoms with Crippen molar-refractivity contribution in [1.82, 2.24) is 15.5 Å². The molecule has 1 heterocycles. The van der Waals surface area contributed by atoms with Gasteiger partial charge in [-0.2, -0.15) is 0 Å². The summed E-state index contributed by atoms with van der Waals surface area (Å²) in [6.07, 6.45) is 0.943. The third kappa shape index (κ3) is 3.01. The zero-order valence-corrected chi connectivity index (χ0v) is 10.8. The lowest BCUT2D eigenvalue weighted by atomic mass is 10.1. The molecule has 0 saturated carbocycles. The van der Waals surface area contributed by atoms with Crippen LogP contribution in [0.4, 0.5) is 0 Å². The van der Waals surface area contributed by atoms with Gasteiger partial charge in [-0.15, -0.1) is 5.10 Å². The summed E-state index contributed by atoms with van der Waals surface area (Å²) in [5, 5.41) is 12.6. The monoisotopic (exact) mass is 249 g/mol. The quantitative estimate of drug-likeness (QED) is 0.885. The van der Waals surface area contributed by atoms with E-state index in [4.69, 9.17) is 4.74 Å². The second-order valence-electron chi connectivity index (χ2n) is 3.56. The normalized spacial score (nSPS) is 10.5. The standard InChI is InChI=1S/C12H15N3OS/c1-3-9-6-4-5-7-10(9)16-12-15-14-11(17-12)8-13-2/h4-7,13H,3,8H2,1-2H3. The Kier molecular flexibility index (Phi) is 4.06. The Morgan fingerprint density at radius 3 is 2.88 bits per heavy atom. The van der Waals surface area contributed by atoms with Crippen molar-refractivity contribution in [1.29, 1.82) is 0 Å². The summed E-state index contributed by atoms with van der Waals surface area (Å²) in [6.45, 7) is 2.82.